The first-order chi connectivity index (χ1) is 18.1. The predicted octanol–water partition coefficient (Wildman–Crippen LogP) is 4.79. The van der Waals surface area contributed by atoms with Gasteiger partial charge in [0.05, 0.1) is 17.5 Å². The molecular formula is C30H32FN5O. The van der Waals surface area contributed by atoms with Crippen LogP contribution in [0.1, 0.15) is 24.8 Å². The van der Waals surface area contributed by atoms with Gasteiger partial charge in [-0.2, -0.15) is 0 Å². The van der Waals surface area contributed by atoms with Gasteiger partial charge in [0.25, 0.3) is 0 Å². The van der Waals surface area contributed by atoms with E-state index in [2.05, 4.69) is 49.4 Å². The van der Waals surface area contributed by atoms with E-state index >= 15 is 0 Å². The second-order valence-electron chi connectivity index (χ2n) is 10.8. The van der Waals surface area contributed by atoms with Crippen molar-refractivity contribution in [1.29, 1.82) is 0 Å². The number of piperidine rings is 1. The minimum Gasteiger partial charge on any atom is -0.393 e. The largest absolute Gasteiger partial charge is 0.393 e. The molecule has 5 heterocycles. The third-order valence-electron chi connectivity index (χ3n) is 8.33. The number of aromatic nitrogens is 3. The van der Waals surface area contributed by atoms with Crippen LogP contribution in [0.3, 0.4) is 0 Å². The van der Waals surface area contributed by atoms with Crippen molar-refractivity contribution in [2.75, 3.05) is 37.6 Å². The normalized spacial score (nSPS) is 19.9. The quantitative estimate of drug-likeness (QED) is 0.388. The SMILES string of the molecule is OC1CCN(C[C@@H]2CCN(c3ccc4c(c3)Cn3cc(-c5ccc(F)cc5)cc3-c3nccn3-4)C2)CC1. The first-order valence-electron chi connectivity index (χ1n) is 13.4. The third kappa shape index (κ3) is 4.26. The number of hydrogen-bond donors (Lipinski definition) is 1. The summed E-state index contributed by atoms with van der Waals surface area (Å²) in [6.45, 7) is 6.09. The zero-order valence-electron chi connectivity index (χ0n) is 20.9. The molecule has 6 nitrogen and oxygen atoms in total. The van der Waals surface area contributed by atoms with Gasteiger partial charge in [-0.05, 0) is 72.7 Å². The fraction of sp³-hybridized carbons (Fsp3) is 0.367. The van der Waals surface area contributed by atoms with Gasteiger partial charge in [0.1, 0.15) is 5.82 Å². The highest BCUT2D eigenvalue weighted by Crippen LogP contribution is 2.36. The minimum atomic E-state index is -0.222. The Hall–Kier alpha value is -3.42. The molecule has 37 heavy (non-hydrogen) atoms. The van der Waals surface area contributed by atoms with Crippen molar-refractivity contribution >= 4 is 5.69 Å². The molecule has 1 atom stereocenters. The maximum Gasteiger partial charge on any atom is 0.161 e. The summed E-state index contributed by atoms with van der Waals surface area (Å²) in [5, 5.41) is 9.82. The number of hydrogen-bond acceptors (Lipinski definition) is 4. The second-order valence-corrected chi connectivity index (χ2v) is 10.8. The number of benzene rings is 2. The van der Waals surface area contributed by atoms with Crippen LogP contribution in [0.15, 0.2) is 67.1 Å². The Bertz CT molecular complexity index is 1420. The van der Waals surface area contributed by atoms with Crippen molar-refractivity contribution in [2.24, 2.45) is 5.92 Å². The van der Waals surface area contributed by atoms with Crippen molar-refractivity contribution < 1.29 is 9.50 Å². The monoisotopic (exact) mass is 497 g/mol. The molecule has 1 N–H and O–H groups in total. The molecule has 3 aliphatic rings. The summed E-state index contributed by atoms with van der Waals surface area (Å²) in [4.78, 5) is 9.76. The number of likely N-dealkylation sites (tertiary alicyclic amines) is 1. The fourth-order valence-electron chi connectivity index (χ4n) is 6.31. The van der Waals surface area contributed by atoms with Gasteiger partial charge < -0.3 is 19.5 Å². The van der Waals surface area contributed by atoms with Gasteiger partial charge in [-0.15, -0.1) is 0 Å². The maximum atomic E-state index is 13.5. The van der Waals surface area contributed by atoms with Crippen molar-refractivity contribution in [3.05, 3.63) is 78.5 Å². The maximum absolute atomic E-state index is 13.5. The van der Waals surface area contributed by atoms with E-state index in [1.54, 1.807) is 0 Å². The number of imidazole rings is 1. The fourth-order valence-corrected chi connectivity index (χ4v) is 6.31. The second kappa shape index (κ2) is 9.15. The van der Waals surface area contributed by atoms with Crippen LogP contribution in [-0.2, 0) is 6.54 Å². The zero-order valence-corrected chi connectivity index (χ0v) is 20.9. The van der Waals surface area contributed by atoms with Gasteiger partial charge in [0.15, 0.2) is 5.82 Å². The van der Waals surface area contributed by atoms with Gasteiger partial charge in [-0.3, -0.25) is 4.57 Å². The molecule has 0 bridgehead atoms. The Morgan fingerprint density at radius 2 is 1.78 bits per heavy atom. The Balaban J connectivity index is 1.15. The van der Waals surface area contributed by atoms with Crippen LogP contribution in [0.25, 0.3) is 28.3 Å². The Morgan fingerprint density at radius 1 is 0.946 bits per heavy atom. The summed E-state index contributed by atoms with van der Waals surface area (Å²) < 4.78 is 17.9. The molecule has 7 heteroatoms. The molecule has 0 amide bonds. The average Bonchev–Trinajstić information content (AvgIpc) is 3.65. The van der Waals surface area contributed by atoms with Gasteiger partial charge in [0, 0.05) is 69.1 Å². The molecule has 2 aromatic heterocycles. The van der Waals surface area contributed by atoms with Gasteiger partial charge in [-0.25, -0.2) is 9.37 Å². The minimum absolute atomic E-state index is 0.112. The standard InChI is InChI=1S/C30H32FN5O/c31-25-3-1-22(2-4-25)23-16-29-30-32-10-14-36(30)28-6-5-26(15-24(28)20-35(29)19-23)34-13-7-21(18-34)17-33-11-8-27(37)9-12-33/h1-6,10,14-16,19,21,27,37H,7-9,11-13,17-18,20H2/t21-/m0/s1. The van der Waals surface area contributed by atoms with Gasteiger partial charge >= 0.3 is 0 Å². The molecule has 4 aromatic rings. The van der Waals surface area contributed by atoms with Crippen LogP contribution in [-0.4, -0.2) is 63.0 Å². The van der Waals surface area contributed by atoms with Crippen LogP contribution in [0.2, 0.25) is 0 Å². The molecule has 190 valence electrons. The average molecular weight is 498 g/mol. The highest BCUT2D eigenvalue weighted by molar-refractivity contribution is 5.72. The van der Waals surface area contributed by atoms with E-state index in [4.69, 9.17) is 4.98 Å². The molecule has 0 saturated carbocycles. The number of aliphatic hydroxyl groups is 1. The zero-order chi connectivity index (χ0) is 24.9. The highest BCUT2D eigenvalue weighted by atomic mass is 19.1. The summed E-state index contributed by atoms with van der Waals surface area (Å²) in [6.07, 6.45) is 8.96. The van der Waals surface area contributed by atoms with Crippen LogP contribution in [0.4, 0.5) is 10.1 Å². The lowest BCUT2D eigenvalue weighted by Gasteiger charge is -2.31. The molecule has 0 spiro atoms. The van der Waals surface area contributed by atoms with Crippen LogP contribution >= 0.6 is 0 Å². The third-order valence-corrected chi connectivity index (χ3v) is 8.33. The Morgan fingerprint density at radius 3 is 2.62 bits per heavy atom. The van der Waals surface area contributed by atoms with E-state index in [9.17, 15) is 9.50 Å². The molecule has 0 unspecified atom stereocenters. The van der Waals surface area contributed by atoms with Gasteiger partial charge in [-0.1, -0.05) is 12.1 Å². The number of nitrogens with zero attached hydrogens (tertiary/aromatic N) is 5. The van der Waals surface area contributed by atoms with E-state index in [-0.39, 0.29) is 11.9 Å². The lowest BCUT2D eigenvalue weighted by Crippen LogP contribution is -2.39. The first kappa shape index (κ1) is 22.8. The number of halogens is 1. The Labute approximate surface area is 216 Å². The molecule has 0 radical (unpaired) electrons. The molecule has 7 rings (SSSR count). The number of aliphatic hydroxyl groups excluding tert-OH is 1. The first-order valence-corrected chi connectivity index (χ1v) is 13.4. The molecular weight excluding hydrogens is 465 g/mol. The summed E-state index contributed by atoms with van der Waals surface area (Å²) in [6, 6.07) is 15.7. The van der Waals surface area contributed by atoms with E-state index in [1.165, 1.54) is 35.5 Å². The topological polar surface area (TPSA) is 49.5 Å². The Kier molecular flexibility index (Phi) is 5.63. The van der Waals surface area contributed by atoms with Crippen molar-refractivity contribution in [2.45, 2.75) is 31.9 Å². The molecule has 2 saturated heterocycles. The van der Waals surface area contributed by atoms with Gasteiger partial charge in [0.2, 0.25) is 0 Å². The summed E-state index contributed by atoms with van der Waals surface area (Å²) in [7, 11) is 0. The van der Waals surface area contributed by atoms with E-state index in [0.29, 0.717) is 5.92 Å². The van der Waals surface area contributed by atoms with Crippen molar-refractivity contribution in [1.82, 2.24) is 19.0 Å². The smallest absolute Gasteiger partial charge is 0.161 e. The van der Waals surface area contributed by atoms with E-state index in [1.807, 2.05) is 24.5 Å². The highest BCUT2D eigenvalue weighted by Gasteiger charge is 2.28. The molecule has 2 fully saturated rings. The van der Waals surface area contributed by atoms with Crippen LogP contribution in [0.5, 0.6) is 0 Å². The van der Waals surface area contributed by atoms with Crippen LogP contribution < -0.4 is 4.90 Å². The number of anilines is 1. The number of fused-ring (bicyclic) bond motifs is 5. The van der Waals surface area contributed by atoms with Crippen LogP contribution in [0, 0.1) is 11.7 Å². The lowest BCUT2D eigenvalue weighted by molar-refractivity contribution is 0.0762. The summed E-state index contributed by atoms with van der Waals surface area (Å²) in [5.41, 5.74) is 6.86. The number of rotatable bonds is 4. The van der Waals surface area contributed by atoms with Crippen molar-refractivity contribution in [3.63, 3.8) is 0 Å². The summed E-state index contributed by atoms with van der Waals surface area (Å²) in [5.74, 6) is 1.37. The molecule has 0 aliphatic carbocycles. The predicted molar refractivity (Wildman–Crippen MR) is 143 cm³/mol. The molecule has 3 aliphatic heterocycles. The van der Waals surface area contributed by atoms with E-state index in [0.717, 1.165) is 74.8 Å². The molecule has 2 aromatic carbocycles. The van der Waals surface area contributed by atoms with E-state index < -0.39 is 0 Å². The lowest BCUT2D eigenvalue weighted by atomic mass is 10.0. The van der Waals surface area contributed by atoms with Crippen molar-refractivity contribution in [3.8, 4) is 28.3 Å². The summed E-state index contributed by atoms with van der Waals surface area (Å²) >= 11 is 0.